The number of hydrogen-bond acceptors (Lipinski definition) is 1. The summed E-state index contributed by atoms with van der Waals surface area (Å²) in [6.45, 7) is 3.87. The maximum atomic E-state index is 13.5. The Morgan fingerprint density at radius 1 is 1.29 bits per heavy atom. The Labute approximate surface area is 83.6 Å². The predicted octanol–water partition coefficient (Wildman–Crippen LogP) is 2.59. The Morgan fingerprint density at radius 2 is 2.07 bits per heavy atom. The van der Waals surface area contributed by atoms with Gasteiger partial charge in [0.2, 0.25) is 0 Å². The number of hydrogen-bond donors (Lipinski definition) is 1. The van der Waals surface area contributed by atoms with Crippen LogP contribution in [0.2, 0.25) is 0 Å². The molecule has 0 saturated heterocycles. The molecule has 0 unspecified atom stereocenters. The van der Waals surface area contributed by atoms with Gasteiger partial charge in [-0.15, -0.1) is 0 Å². The molecule has 1 aliphatic heterocycles. The van der Waals surface area contributed by atoms with Crippen LogP contribution in [-0.2, 0) is 0 Å². The first kappa shape index (κ1) is 9.41. The van der Waals surface area contributed by atoms with Crippen LogP contribution in [0.5, 0.6) is 0 Å². The van der Waals surface area contributed by atoms with Gasteiger partial charge < -0.3 is 5.32 Å². The third-order valence-corrected chi connectivity index (χ3v) is 2.69. The first-order chi connectivity index (χ1) is 6.79. The minimum Gasteiger partial charge on any atom is -0.312 e. The zero-order valence-electron chi connectivity index (χ0n) is 8.31. The molecule has 2 heteroatoms. The van der Waals surface area contributed by atoms with Crippen molar-refractivity contribution in [2.45, 2.75) is 13.3 Å². The maximum absolute atomic E-state index is 13.5. The average Bonchev–Trinajstić information content (AvgIpc) is 2.20. The van der Waals surface area contributed by atoms with Gasteiger partial charge in [0, 0.05) is 12.1 Å². The predicted molar refractivity (Wildman–Crippen MR) is 56.5 cm³/mol. The molecular weight excluding hydrogens is 177 g/mol. The van der Waals surface area contributed by atoms with Crippen molar-refractivity contribution < 1.29 is 4.39 Å². The van der Waals surface area contributed by atoms with Crippen LogP contribution in [0.15, 0.2) is 29.8 Å². The van der Waals surface area contributed by atoms with Crippen LogP contribution in [0, 0.1) is 5.82 Å². The third-order valence-electron chi connectivity index (χ3n) is 2.69. The fourth-order valence-electron chi connectivity index (χ4n) is 1.82. The van der Waals surface area contributed by atoms with Gasteiger partial charge in [0.15, 0.2) is 0 Å². The summed E-state index contributed by atoms with van der Waals surface area (Å²) in [5, 5.41) is 3.27. The first-order valence-electron chi connectivity index (χ1n) is 4.93. The van der Waals surface area contributed by atoms with Gasteiger partial charge in [-0.3, -0.25) is 0 Å². The molecule has 0 aliphatic carbocycles. The molecule has 0 fully saturated rings. The summed E-state index contributed by atoms with van der Waals surface area (Å²) in [7, 11) is 0. The van der Waals surface area contributed by atoms with Gasteiger partial charge in [-0.2, -0.15) is 0 Å². The van der Waals surface area contributed by atoms with Crippen LogP contribution in [0.4, 0.5) is 4.39 Å². The highest BCUT2D eigenvalue weighted by Crippen LogP contribution is 2.24. The molecule has 1 nitrogen and oxygen atoms in total. The van der Waals surface area contributed by atoms with E-state index < -0.39 is 0 Å². The minimum absolute atomic E-state index is 0.120. The lowest BCUT2D eigenvalue weighted by atomic mass is 9.96. The van der Waals surface area contributed by atoms with E-state index in [0.29, 0.717) is 0 Å². The van der Waals surface area contributed by atoms with Crippen molar-refractivity contribution in [3.8, 4) is 0 Å². The Bertz CT molecular complexity index is 368. The minimum atomic E-state index is -0.120. The highest BCUT2D eigenvalue weighted by atomic mass is 19.1. The van der Waals surface area contributed by atoms with E-state index >= 15 is 0 Å². The van der Waals surface area contributed by atoms with Crippen LogP contribution in [0.3, 0.4) is 0 Å². The summed E-state index contributed by atoms with van der Waals surface area (Å²) >= 11 is 0. The van der Waals surface area contributed by atoms with Crippen molar-refractivity contribution in [3.05, 3.63) is 41.2 Å². The van der Waals surface area contributed by atoms with Crippen molar-refractivity contribution in [2.24, 2.45) is 0 Å². The molecular formula is C12H14FN. The van der Waals surface area contributed by atoms with E-state index in [1.807, 2.05) is 12.1 Å². The quantitative estimate of drug-likeness (QED) is 0.719. The molecule has 0 bridgehead atoms. The van der Waals surface area contributed by atoms with Gasteiger partial charge in [-0.05, 0) is 31.5 Å². The van der Waals surface area contributed by atoms with E-state index in [2.05, 4.69) is 12.2 Å². The van der Waals surface area contributed by atoms with Crippen LogP contribution in [0.1, 0.15) is 18.9 Å². The van der Waals surface area contributed by atoms with Crippen LogP contribution >= 0.6 is 0 Å². The lowest BCUT2D eigenvalue weighted by Gasteiger charge is -2.19. The van der Waals surface area contributed by atoms with Crippen molar-refractivity contribution in [2.75, 3.05) is 13.1 Å². The standard InChI is InChI=1S/C12H14FN/c1-9-6-7-14-8-11(9)10-4-2-3-5-12(10)13/h2-5,14H,6-8H2,1H3. The summed E-state index contributed by atoms with van der Waals surface area (Å²) in [5.41, 5.74) is 3.17. The zero-order valence-corrected chi connectivity index (χ0v) is 8.31. The highest BCUT2D eigenvalue weighted by molar-refractivity contribution is 5.70. The van der Waals surface area contributed by atoms with Crippen LogP contribution < -0.4 is 5.32 Å². The molecule has 1 aromatic carbocycles. The molecule has 0 aromatic heterocycles. The summed E-state index contributed by atoms with van der Waals surface area (Å²) in [5.74, 6) is -0.120. The van der Waals surface area contributed by atoms with Crippen molar-refractivity contribution in [1.82, 2.24) is 5.32 Å². The molecule has 1 aliphatic rings. The lowest BCUT2D eigenvalue weighted by molar-refractivity contribution is 0.619. The molecule has 0 saturated carbocycles. The Balaban J connectivity index is 2.43. The smallest absolute Gasteiger partial charge is 0.130 e. The molecule has 14 heavy (non-hydrogen) atoms. The fraction of sp³-hybridized carbons (Fsp3) is 0.333. The second kappa shape index (κ2) is 3.93. The number of nitrogens with one attached hydrogen (secondary N) is 1. The molecule has 0 amide bonds. The normalized spacial score (nSPS) is 17.3. The van der Waals surface area contributed by atoms with E-state index in [4.69, 9.17) is 0 Å². The highest BCUT2D eigenvalue weighted by Gasteiger charge is 2.13. The maximum Gasteiger partial charge on any atom is 0.130 e. The summed E-state index contributed by atoms with van der Waals surface area (Å²) < 4.78 is 13.5. The number of halogens is 1. The SMILES string of the molecule is CC1=C(c2ccccc2F)CNCC1. The number of rotatable bonds is 1. The monoisotopic (exact) mass is 191 g/mol. The third kappa shape index (κ3) is 1.70. The summed E-state index contributed by atoms with van der Waals surface area (Å²) in [6.07, 6.45) is 1.02. The van der Waals surface area contributed by atoms with Crippen LogP contribution in [-0.4, -0.2) is 13.1 Å². The fourth-order valence-corrected chi connectivity index (χ4v) is 1.82. The van der Waals surface area contributed by atoms with Gasteiger partial charge >= 0.3 is 0 Å². The average molecular weight is 191 g/mol. The summed E-state index contributed by atoms with van der Waals surface area (Å²) in [4.78, 5) is 0. The largest absolute Gasteiger partial charge is 0.312 e. The van der Waals surface area contributed by atoms with Gasteiger partial charge in [0.1, 0.15) is 5.82 Å². The lowest BCUT2D eigenvalue weighted by Crippen LogP contribution is -2.24. The van der Waals surface area contributed by atoms with E-state index in [0.717, 1.165) is 30.6 Å². The first-order valence-corrected chi connectivity index (χ1v) is 4.93. The van der Waals surface area contributed by atoms with Gasteiger partial charge in [-0.25, -0.2) is 4.39 Å². The Kier molecular flexibility index (Phi) is 2.64. The Hall–Kier alpha value is -1.15. The molecule has 0 spiro atoms. The van der Waals surface area contributed by atoms with E-state index in [9.17, 15) is 4.39 Å². The van der Waals surface area contributed by atoms with Crippen molar-refractivity contribution in [1.29, 1.82) is 0 Å². The van der Waals surface area contributed by atoms with Gasteiger partial charge in [-0.1, -0.05) is 23.8 Å². The van der Waals surface area contributed by atoms with Crippen molar-refractivity contribution in [3.63, 3.8) is 0 Å². The molecule has 1 heterocycles. The molecule has 0 radical (unpaired) electrons. The second-order valence-electron chi connectivity index (χ2n) is 3.67. The van der Waals surface area contributed by atoms with E-state index in [1.54, 1.807) is 6.07 Å². The van der Waals surface area contributed by atoms with E-state index in [1.165, 1.54) is 11.6 Å². The molecule has 0 atom stereocenters. The number of benzene rings is 1. The zero-order chi connectivity index (χ0) is 9.97. The van der Waals surface area contributed by atoms with Crippen molar-refractivity contribution >= 4 is 5.57 Å². The molecule has 1 aromatic rings. The van der Waals surface area contributed by atoms with E-state index in [-0.39, 0.29) is 5.82 Å². The molecule has 2 rings (SSSR count). The molecule has 74 valence electrons. The summed E-state index contributed by atoms with van der Waals surface area (Å²) in [6, 6.07) is 6.98. The van der Waals surface area contributed by atoms with Gasteiger partial charge in [0.05, 0.1) is 0 Å². The van der Waals surface area contributed by atoms with Crippen LogP contribution in [0.25, 0.3) is 5.57 Å². The topological polar surface area (TPSA) is 12.0 Å². The Morgan fingerprint density at radius 3 is 2.79 bits per heavy atom. The molecule has 1 N–H and O–H groups in total. The second-order valence-corrected chi connectivity index (χ2v) is 3.67. The van der Waals surface area contributed by atoms with Gasteiger partial charge in [0.25, 0.3) is 0 Å².